The van der Waals surface area contributed by atoms with E-state index in [9.17, 15) is 4.79 Å². The zero-order valence-corrected chi connectivity index (χ0v) is 12.6. The van der Waals surface area contributed by atoms with Crippen molar-refractivity contribution in [2.75, 3.05) is 19.0 Å². The summed E-state index contributed by atoms with van der Waals surface area (Å²) in [6.45, 7) is 6.49. The normalized spacial score (nSPS) is 12.1. The lowest BCUT2D eigenvalue weighted by molar-refractivity contribution is -0.117. The van der Waals surface area contributed by atoms with Gasteiger partial charge >= 0.3 is 0 Å². The molecule has 5 nitrogen and oxygen atoms in total. The zero-order chi connectivity index (χ0) is 15.1. The largest absolute Gasteiger partial charge is 0.493 e. The number of methoxy groups -OCH3 is 1. The summed E-state index contributed by atoms with van der Waals surface area (Å²) in [6.07, 6.45) is 0.653. The molecule has 0 aliphatic carbocycles. The lowest BCUT2D eigenvalue weighted by atomic mass is 10.0. The number of ether oxygens (including phenoxy) is 2. The molecule has 0 saturated carbocycles. The standard InChI is InChI=1S/C15H24N2O3/c1-5-20-14-9-11(6-7-13(14)19-4)17-15(18)12(16)8-10(2)3/h6-7,9-10,12H,5,8,16H2,1-4H3,(H,17,18). The Bertz CT molecular complexity index is 447. The van der Waals surface area contributed by atoms with E-state index < -0.39 is 6.04 Å². The number of benzene rings is 1. The van der Waals surface area contributed by atoms with Crippen molar-refractivity contribution in [3.8, 4) is 11.5 Å². The Kier molecular flexibility index (Phi) is 6.31. The predicted molar refractivity (Wildman–Crippen MR) is 80.2 cm³/mol. The molecule has 1 amide bonds. The fraction of sp³-hybridized carbons (Fsp3) is 0.533. The van der Waals surface area contributed by atoms with Gasteiger partial charge in [-0.1, -0.05) is 13.8 Å². The summed E-state index contributed by atoms with van der Waals surface area (Å²) in [5.74, 6) is 1.43. The minimum Gasteiger partial charge on any atom is -0.493 e. The minimum atomic E-state index is -0.507. The summed E-state index contributed by atoms with van der Waals surface area (Å²) in [5, 5.41) is 2.80. The Balaban J connectivity index is 2.77. The van der Waals surface area contributed by atoms with E-state index >= 15 is 0 Å². The van der Waals surface area contributed by atoms with Gasteiger partial charge in [0.15, 0.2) is 11.5 Å². The summed E-state index contributed by atoms with van der Waals surface area (Å²) < 4.78 is 10.7. The van der Waals surface area contributed by atoms with E-state index in [1.54, 1.807) is 25.3 Å². The van der Waals surface area contributed by atoms with Gasteiger partial charge in [-0.15, -0.1) is 0 Å². The quantitative estimate of drug-likeness (QED) is 0.804. The average molecular weight is 280 g/mol. The van der Waals surface area contributed by atoms with E-state index in [-0.39, 0.29) is 5.91 Å². The molecule has 0 aliphatic heterocycles. The van der Waals surface area contributed by atoms with Crippen molar-refractivity contribution >= 4 is 11.6 Å². The Morgan fingerprint density at radius 1 is 1.35 bits per heavy atom. The molecule has 3 N–H and O–H groups in total. The second-order valence-corrected chi connectivity index (χ2v) is 5.02. The molecule has 5 heteroatoms. The third-order valence-electron chi connectivity index (χ3n) is 2.79. The van der Waals surface area contributed by atoms with Crippen LogP contribution < -0.4 is 20.5 Å². The van der Waals surface area contributed by atoms with Crippen LogP contribution in [0.4, 0.5) is 5.69 Å². The molecule has 1 aromatic rings. The number of anilines is 1. The van der Waals surface area contributed by atoms with Gasteiger partial charge in [-0.3, -0.25) is 4.79 Å². The maximum Gasteiger partial charge on any atom is 0.241 e. The Labute approximate surface area is 120 Å². The number of nitrogens with one attached hydrogen (secondary N) is 1. The van der Waals surface area contributed by atoms with E-state index in [2.05, 4.69) is 5.32 Å². The molecule has 0 fully saturated rings. The molecule has 0 radical (unpaired) electrons. The second-order valence-electron chi connectivity index (χ2n) is 5.02. The zero-order valence-electron chi connectivity index (χ0n) is 12.6. The molecule has 0 saturated heterocycles. The van der Waals surface area contributed by atoms with Crippen LogP contribution in [0, 0.1) is 5.92 Å². The van der Waals surface area contributed by atoms with Crippen LogP contribution in [0.5, 0.6) is 11.5 Å². The topological polar surface area (TPSA) is 73.6 Å². The minimum absolute atomic E-state index is 0.189. The van der Waals surface area contributed by atoms with E-state index in [1.165, 1.54) is 0 Å². The summed E-state index contributed by atoms with van der Waals surface area (Å²) >= 11 is 0. The highest BCUT2D eigenvalue weighted by molar-refractivity contribution is 5.94. The summed E-state index contributed by atoms with van der Waals surface area (Å²) in [7, 11) is 1.58. The highest BCUT2D eigenvalue weighted by atomic mass is 16.5. The van der Waals surface area contributed by atoms with Gasteiger partial charge in [0.1, 0.15) is 0 Å². The van der Waals surface area contributed by atoms with Crippen LogP contribution in [-0.4, -0.2) is 25.7 Å². The van der Waals surface area contributed by atoms with Gasteiger partial charge < -0.3 is 20.5 Å². The summed E-state index contributed by atoms with van der Waals surface area (Å²) in [5.41, 5.74) is 6.50. The summed E-state index contributed by atoms with van der Waals surface area (Å²) in [4.78, 5) is 12.0. The number of rotatable bonds is 7. The first kappa shape index (κ1) is 16.3. The van der Waals surface area contributed by atoms with Crippen LogP contribution in [0.15, 0.2) is 18.2 Å². The fourth-order valence-corrected chi connectivity index (χ4v) is 1.87. The molecule has 112 valence electrons. The van der Waals surface area contributed by atoms with Crippen LogP contribution >= 0.6 is 0 Å². The first-order valence-corrected chi connectivity index (χ1v) is 6.85. The van der Waals surface area contributed by atoms with E-state index in [0.717, 1.165) is 0 Å². The maximum atomic E-state index is 12.0. The van der Waals surface area contributed by atoms with E-state index in [0.29, 0.717) is 36.1 Å². The number of nitrogens with two attached hydrogens (primary N) is 1. The monoisotopic (exact) mass is 280 g/mol. The number of hydrogen-bond acceptors (Lipinski definition) is 4. The molecule has 0 bridgehead atoms. The van der Waals surface area contributed by atoms with Crippen molar-refractivity contribution in [3.63, 3.8) is 0 Å². The Morgan fingerprint density at radius 3 is 2.60 bits per heavy atom. The van der Waals surface area contributed by atoms with Crippen LogP contribution in [0.25, 0.3) is 0 Å². The molecular formula is C15H24N2O3. The third kappa shape index (κ3) is 4.74. The van der Waals surface area contributed by atoms with Crippen molar-refractivity contribution in [1.29, 1.82) is 0 Å². The van der Waals surface area contributed by atoms with Crippen molar-refractivity contribution in [2.45, 2.75) is 33.2 Å². The first-order chi connectivity index (χ1) is 9.47. The summed E-state index contributed by atoms with van der Waals surface area (Å²) in [6, 6.07) is 4.76. The average Bonchev–Trinajstić information content (AvgIpc) is 2.38. The van der Waals surface area contributed by atoms with Crippen molar-refractivity contribution in [3.05, 3.63) is 18.2 Å². The number of hydrogen-bond donors (Lipinski definition) is 2. The van der Waals surface area contributed by atoms with Gasteiger partial charge in [-0.25, -0.2) is 0 Å². The van der Waals surface area contributed by atoms with Gasteiger partial charge in [0.2, 0.25) is 5.91 Å². The van der Waals surface area contributed by atoms with Gasteiger partial charge in [0.05, 0.1) is 19.8 Å². The first-order valence-electron chi connectivity index (χ1n) is 6.85. The number of carbonyl (C=O) groups excluding carboxylic acids is 1. The molecule has 0 heterocycles. The fourth-order valence-electron chi connectivity index (χ4n) is 1.87. The smallest absolute Gasteiger partial charge is 0.241 e. The molecule has 20 heavy (non-hydrogen) atoms. The molecule has 1 aromatic carbocycles. The third-order valence-corrected chi connectivity index (χ3v) is 2.79. The molecule has 0 spiro atoms. The van der Waals surface area contributed by atoms with Gasteiger partial charge in [0.25, 0.3) is 0 Å². The van der Waals surface area contributed by atoms with Crippen molar-refractivity contribution in [1.82, 2.24) is 0 Å². The Morgan fingerprint density at radius 2 is 2.05 bits per heavy atom. The van der Waals surface area contributed by atoms with Crippen LogP contribution in [0.3, 0.4) is 0 Å². The van der Waals surface area contributed by atoms with Crippen molar-refractivity contribution < 1.29 is 14.3 Å². The lowest BCUT2D eigenvalue weighted by Crippen LogP contribution is -2.36. The van der Waals surface area contributed by atoms with Gasteiger partial charge in [0, 0.05) is 11.8 Å². The molecule has 1 unspecified atom stereocenters. The highest BCUT2D eigenvalue weighted by Gasteiger charge is 2.16. The molecule has 0 aliphatic rings. The van der Waals surface area contributed by atoms with Crippen LogP contribution in [0.2, 0.25) is 0 Å². The van der Waals surface area contributed by atoms with Gasteiger partial charge in [-0.2, -0.15) is 0 Å². The molecule has 1 atom stereocenters. The Hall–Kier alpha value is -1.75. The van der Waals surface area contributed by atoms with Gasteiger partial charge in [-0.05, 0) is 31.4 Å². The second kappa shape index (κ2) is 7.75. The molecule has 0 aromatic heterocycles. The predicted octanol–water partition coefficient (Wildman–Crippen LogP) is 2.41. The molecular weight excluding hydrogens is 256 g/mol. The number of carbonyl (C=O) groups is 1. The van der Waals surface area contributed by atoms with E-state index in [1.807, 2.05) is 20.8 Å². The SMILES string of the molecule is CCOc1cc(NC(=O)C(N)CC(C)C)ccc1OC. The number of amides is 1. The highest BCUT2D eigenvalue weighted by Crippen LogP contribution is 2.30. The van der Waals surface area contributed by atoms with E-state index in [4.69, 9.17) is 15.2 Å². The van der Waals surface area contributed by atoms with Crippen LogP contribution in [-0.2, 0) is 4.79 Å². The molecule has 1 rings (SSSR count). The lowest BCUT2D eigenvalue weighted by Gasteiger charge is -2.15. The van der Waals surface area contributed by atoms with Crippen molar-refractivity contribution in [2.24, 2.45) is 11.7 Å². The van der Waals surface area contributed by atoms with Crippen LogP contribution in [0.1, 0.15) is 27.2 Å². The maximum absolute atomic E-state index is 12.0.